The highest BCUT2D eigenvalue weighted by Crippen LogP contribution is 2.37. The number of benzene rings is 1. The van der Waals surface area contributed by atoms with E-state index in [1.807, 2.05) is 44.3 Å². The monoisotopic (exact) mass is 292 g/mol. The molecule has 0 aliphatic heterocycles. The molecule has 1 unspecified atom stereocenters. The third kappa shape index (κ3) is 4.46. The molecule has 0 aliphatic carbocycles. The number of nitrogens with zero attached hydrogens (tertiary/aromatic N) is 2. The molecule has 4 heteroatoms. The number of rotatable bonds is 7. The molecule has 0 radical (unpaired) electrons. The molecule has 21 heavy (non-hydrogen) atoms. The van der Waals surface area contributed by atoms with E-state index in [0.717, 1.165) is 29.8 Å². The minimum absolute atomic E-state index is 0.686. The molecular weight excluding hydrogens is 264 g/mol. The smallest absolute Gasteiger partial charge is 0.127 e. The van der Waals surface area contributed by atoms with Crippen LogP contribution >= 0.6 is 0 Å². The molecule has 1 atom stereocenters. The second-order valence-electron chi connectivity index (χ2n) is 5.68. The molecule has 0 fully saturated rings. The Balaban J connectivity index is 3.22. The summed E-state index contributed by atoms with van der Waals surface area (Å²) in [6.07, 6.45) is 3.42. The van der Waals surface area contributed by atoms with Gasteiger partial charge in [-0.1, -0.05) is 13.3 Å². The summed E-state index contributed by atoms with van der Waals surface area (Å²) in [7, 11) is 3.61. The maximum atomic E-state index is 10.6. The van der Waals surface area contributed by atoms with E-state index in [9.17, 15) is 5.11 Å². The fourth-order valence-electron chi connectivity index (χ4n) is 2.27. The first-order chi connectivity index (χ1) is 9.85. The molecule has 0 spiro atoms. The predicted molar refractivity (Wildman–Crippen MR) is 88.7 cm³/mol. The van der Waals surface area contributed by atoms with Crippen LogP contribution in [-0.4, -0.2) is 37.0 Å². The van der Waals surface area contributed by atoms with Gasteiger partial charge in [-0.2, -0.15) is 0 Å². The summed E-state index contributed by atoms with van der Waals surface area (Å²) in [6.45, 7) is 8.88. The molecule has 1 rings (SSSR count). The van der Waals surface area contributed by atoms with Gasteiger partial charge in [0.1, 0.15) is 5.75 Å². The first-order valence-electron chi connectivity index (χ1n) is 7.51. The highest BCUT2D eigenvalue weighted by molar-refractivity contribution is 5.65. The Bertz CT molecular complexity index is 496. The molecule has 0 amide bonds. The van der Waals surface area contributed by atoms with Gasteiger partial charge in [-0.3, -0.25) is 0 Å². The molecule has 0 aromatic heterocycles. The molecule has 1 aromatic rings. The van der Waals surface area contributed by atoms with Crippen LogP contribution < -0.4 is 4.74 Å². The summed E-state index contributed by atoms with van der Waals surface area (Å²) < 4.78 is 5.46. The maximum absolute atomic E-state index is 10.6. The molecule has 1 N–H and O–H groups in total. The van der Waals surface area contributed by atoms with Gasteiger partial charge in [0, 0.05) is 25.2 Å². The zero-order valence-electron chi connectivity index (χ0n) is 14.1. The average Bonchev–Trinajstić information content (AvgIpc) is 2.45. The highest BCUT2D eigenvalue weighted by Gasteiger charge is 2.26. The Morgan fingerprint density at radius 3 is 2.57 bits per heavy atom. The number of aliphatic imine (C=N–C) groups is 1. The second-order valence-corrected chi connectivity index (χ2v) is 5.68. The molecule has 0 saturated heterocycles. The number of ether oxygens (including phenoxy) is 1. The van der Waals surface area contributed by atoms with Gasteiger partial charge in [-0.15, -0.1) is 0 Å². The van der Waals surface area contributed by atoms with Crippen molar-refractivity contribution in [3.63, 3.8) is 0 Å². The summed E-state index contributed by atoms with van der Waals surface area (Å²) in [4.78, 5) is 6.50. The summed E-state index contributed by atoms with van der Waals surface area (Å²) in [5, 5.41) is 10.6. The van der Waals surface area contributed by atoms with Crippen LogP contribution in [0.25, 0.3) is 0 Å². The Labute approximate surface area is 128 Å². The third-order valence-corrected chi connectivity index (χ3v) is 3.73. The Kier molecular flexibility index (Phi) is 6.21. The highest BCUT2D eigenvalue weighted by atomic mass is 16.5. The van der Waals surface area contributed by atoms with E-state index in [4.69, 9.17) is 4.74 Å². The first-order valence-corrected chi connectivity index (χ1v) is 7.51. The van der Waals surface area contributed by atoms with Gasteiger partial charge in [0.2, 0.25) is 0 Å². The molecule has 0 heterocycles. The molecule has 0 bridgehead atoms. The van der Waals surface area contributed by atoms with Gasteiger partial charge in [0.25, 0.3) is 0 Å². The summed E-state index contributed by atoms with van der Waals surface area (Å²) in [6, 6.07) is 3.88. The van der Waals surface area contributed by atoms with Crippen molar-refractivity contribution in [2.24, 2.45) is 4.99 Å². The Hall–Kier alpha value is -1.55. The van der Waals surface area contributed by atoms with Crippen LogP contribution in [0.2, 0.25) is 0 Å². The lowest BCUT2D eigenvalue weighted by Gasteiger charge is -2.26. The molecular formula is C17H28N2O2. The normalized spacial score (nSPS) is 14.2. The summed E-state index contributed by atoms with van der Waals surface area (Å²) in [5.41, 5.74) is 1.84. The predicted octanol–water partition coefficient (Wildman–Crippen LogP) is 3.62. The van der Waals surface area contributed by atoms with Crippen molar-refractivity contribution in [2.75, 3.05) is 20.7 Å². The lowest BCUT2D eigenvalue weighted by molar-refractivity contribution is 0.0444. The van der Waals surface area contributed by atoms with Crippen molar-refractivity contribution in [3.05, 3.63) is 23.3 Å². The summed E-state index contributed by atoms with van der Waals surface area (Å²) >= 11 is 0. The van der Waals surface area contributed by atoms with E-state index in [1.165, 1.54) is 0 Å². The fraction of sp³-hybridized carbons (Fsp3) is 0.588. The Morgan fingerprint density at radius 2 is 2.05 bits per heavy atom. The fourth-order valence-corrected chi connectivity index (χ4v) is 2.27. The first kappa shape index (κ1) is 17.5. The average molecular weight is 292 g/mol. The van der Waals surface area contributed by atoms with Crippen molar-refractivity contribution < 1.29 is 9.84 Å². The molecule has 0 aliphatic rings. The van der Waals surface area contributed by atoms with Gasteiger partial charge >= 0.3 is 0 Å². The number of methoxy groups -OCH3 is 1. The number of hydrogen-bond acceptors (Lipinski definition) is 3. The number of aliphatic hydroxyl groups is 1. The van der Waals surface area contributed by atoms with Gasteiger partial charge in [0.15, 0.2) is 0 Å². The van der Waals surface area contributed by atoms with Crippen LogP contribution in [-0.2, 0) is 5.60 Å². The number of aryl methyl sites for hydroxylation is 1. The largest absolute Gasteiger partial charge is 0.496 e. The molecule has 0 saturated carbocycles. The van der Waals surface area contributed by atoms with Gasteiger partial charge in [-0.25, -0.2) is 4.99 Å². The van der Waals surface area contributed by atoms with Crippen molar-refractivity contribution >= 4 is 12.0 Å². The van der Waals surface area contributed by atoms with Crippen molar-refractivity contribution in [2.45, 2.75) is 46.1 Å². The van der Waals surface area contributed by atoms with Crippen LogP contribution in [0.15, 0.2) is 17.1 Å². The van der Waals surface area contributed by atoms with E-state index in [1.54, 1.807) is 7.11 Å². The second kappa shape index (κ2) is 7.46. The van der Waals surface area contributed by atoms with Crippen LogP contribution in [0.1, 0.15) is 44.7 Å². The van der Waals surface area contributed by atoms with Gasteiger partial charge in [-0.05, 0) is 38.8 Å². The minimum Gasteiger partial charge on any atom is -0.496 e. The topological polar surface area (TPSA) is 45.1 Å². The SMILES string of the molecule is CCCC(C)(O)c1cc(C)c(N=CN(C)CC)cc1OC. The summed E-state index contributed by atoms with van der Waals surface area (Å²) in [5.74, 6) is 0.686. The van der Waals surface area contributed by atoms with E-state index < -0.39 is 5.60 Å². The zero-order valence-corrected chi connectivity index (χ0v) is 14.1. The van der Waals surface area contributed by atoms with E-state index in [-0.39, 0.29) is 0 Å². The zero-order chi connectivity index (χ0) is 16.0. The van der Waals surface area contributed by atoms with Gasteiger partial charge < -0.3 is 14.7 Å². The van der Waals surface area contributed by atoms with E-state index in [0.29, 0.717) is 12.2 Å². The molecule has 4 nitrogen and oxygen atoms in total. The third-order valence-electron chi connectivity index (χ3n) is 3.73. The quantitative estimate of drug-likeness (QED) is 0.616. The van der Waals surface area contributed by atoms with Crippen LogP contribution in [0, 0.1) is 6.92 Å². The van der Waals surface area contributed by atoms with Crippen molar-refractivity contribution in [3.8, 4) is 5.75 Å². The lowest BCUT2D eigenvalue weighted by Crippen LogP contribution is -2.21. The molecule has 118 valence electrons. The van der Waals surface area contributed by atoms with Crippen molar-refractivity contribution in [1.82, 2.24) is 4.90 Å². The van der Waals surface area contributed by atoms with Crippen LogP contribution in [0.3, 0.4) is 0 Å². The molecule has 1 aromatic carbocycles. The van der Waals surface area contributed by atoms with E-state index in [2.05, 4.69) is 18.8 Å². The van der Waals surface area contributed by atoms with Crippen molar-refractivity contribution in [1.29, 1.82) is 0 Å². The Morgan fingerprint density at radius 1 is 1.38 bits per heavy atom. The maximum Gasteiger partial charge on any atom is 0.127 e. The minimum atomic E-state index is -0.882. The number of hydrogen-bond donors (Lipinski definition) is 1. The van der Waals surface area contributed by atoms with Crippen LogP contribution in [0.4, 0.5) is 5.69 Å². The van der Waals surface area contributed by atoms with E-state index >= 15 is 0 Å². The van der Waals surface area contributed by atoms with Gasteiger partial charge in [0.05, 0.1) is 24.7 Å². The lowest BCUT2D eigenvalue weighted by atomic mass is 9.89. The van der Waals surface area contributed by atoms with Crippen LogP contribution in [0.5, 0.6) is 5.75 Å². The standard InChI is InChI=1S/C17H28N2O2/c1-7-9-17(4,20)14-10-13(3)15(11-16(14)21-6)18-12-19(5)8-2/h10-12,20H,7-9H2,1-6H3.